The van der Waals surface area contributed by atoms with Gasteiger partial charge in [-0.2, -0.15) is 0 Å². The van der Waals surface area contributed by atoms with Crippen molar-refractivity contribution in [3.63, 3.8) is 0 Å². The standard InChI is InChI=1S/C8H6BrClN2/c1-12-3-2-5-7(10)6(9)4-11-8(5)12/h2-4H,1H3. The zero-order valence-corrected chi connectivity index (χ0v) is 8.72. The van der Waals surface area contributed by atoms with E-state index in [9.17, 15) is 0 Å². The van der Waals surface area contributed by atoms with Gasteiger partial charge in [-0.25, -0.2) is 4.98 Å². The highest BCUT2D eigenvalue weighted by atomic mass is 79.9. The fourth-order valence-electron chi connectivity index (χ4n) is 1.16. The van der Waals surface area contributed by atoms with E-state index in [1.54, 1.807) is 6.20 Å². The number of pyridine rings is 1. The molecular weight excluding hydrogens is 239 g/mol. The summed E-state index contributed by atoms with van der Waals surface area (Å²) in [5, 5.41) is 1.70. The molecule has 0 fully saturated rings. The number of aromatic nitrogens is 2. The van der Waals surface area contributed by atoms with E-state index in [2.05, 4.69) is 20.9 Å². The number of aryl methyl sites for hydroxylation is 1. The molecule has 0 saturated carbocycles. The van der Waals surface area contributed by atoms with Crippen LogP contribution in [0.3, 0.4) is 0 Å². The lowest BCUT2D eigenvalue weighted by Crippen LogP contribution is -1.87. The number of halogens is 2. The third kappa shape index (κ3) is 1.04. The molecule has 0 spiro atoms. The van der Waals surface area contributed by atoms with E-state index in [0.29, 0.717) is 0 Å². The van der Waals surface area contributed by atoms with E-state index < -0.39 is 0 Å². The van der Waals surface area contributed by atoms with Gasteiger partial charge in [0.05, 0.1) is 9.50 Å². The number of rotatable bonds is 0. The maximum absolute atomic E-state index is 6.04. The molecular formula is C8H6BrClN2. The molecule has 0 amide bonds. The molecule has 0 aliphatic heterocycles. The van der Waals surface area contributed by atoms with E-state index in [1.165, 1.54) is 0 Å². The summed E-state index contributed by atoms with van der Waals surface area (Å²) >= 11 is 9.36. The van der Waals surface area contributed by atoms with Gasteiger partial charge < -0.3 is 4.57 Å². The zero-order chi connectivity index (χ0) is 8.72. The molecule has 0 aromatic carbocycles. The summed E-state index contributed by atoms with van der Waals surface area (Å²) in [5.41, 5.74) is 0.906. The van der Waals surface area contributed by atoms with Crippen molar-refractivity contribution in [3.05, 3.63) is 28.0 Å². The van der Waals surface area contributed by atoms with Gasteiger partial charge in [0.1, 0.15) is 5.65 Å². The Morgan fingerprint density at radius 2 is 2.33 bits per heavy atom. The van der Waals surface area contributed by atoms with Crippen molar-refractivity contribution in [2.45, 2.75) is 0 Å². The maximum atomic E-state index is 6.04. The predicted octanol–water partition coefficient (Wildman–Crippen LogP) is 2.99. The van der Waals surface area contributed by atoms with Crippen LogP contribution in [0.1, 0.15) is 0 Å². The molecule has 2 rings (SSSR count). The Balaban J connectivity index is 2.93. The second kappa shape index (κ2) is 2.75. The molecule has 0 unspecified atom stereocenters. The molecule has 0 aliphatic carbocycles. The fourth-order valence-corrected chi connectivity index (χ4v) is 1.67. The number of hydrogen-bond acceptors (Lipinski definition) is 1. The first-order valence-corrected chi connectivity index (χ1v) is 4.62. The highest BCUT2D eigenvalue weighted by molar-refractivity contribution is 9.10. The van der Waals surface area contributed by atoms with Crippen LogP contribution in [0, 0.1) is 0 Å². The van der Waals surface area contributed by atoms with Gasteiger partial charge in [-0.3, -0.25) is 0 Å². The predicted molar refractivity (Wildman–Crippen MR) is 53.4 cm³/mol. The van der Waals surface area contributed by atoms with Crippen molar-refractivity contribution in [1.29, 1.82) is 0 Å². The Labute approximate surface area is 83.3 Å². The third-order valence-corrected chi connectivity index (χ3v) is 3.02. The Hall–Kier alpha value is -0.540. The second-order valence-corrected chi connectivity index (χ2v) is 3.82. The van der Waals surface area contributed by atoms with Crippen molar-refractivity contribution in [2.75, 3.05) is 0 Å². The monoisotopic (exact) mass is 244 g/mol. The Morgan fingerprint density at radius 3 is 3.08 bits per heavy atom. The molecule has 62 valence electrons. The number of nitrogens with zero attached hydrogens (tertiary/aromatic N) is 2. The van der Waals surface area contributed by atoms with Crippen LogP contribution in [0.15, 0.2) is 22.9 Å². The minimum absolute atomic E-state index is 0.723. The first kappa shape index (κ1) is 8.08. The number of hydrogen-bond donors (Lipinski definition) is 0. The molecule has 12 heavy (non-hydrogen) atoms. The fraction of sp³-hybridized carbons (Fsp3) is 0.125. The van der Waals surface area contributed by atoms with E-state index >= 15 is 0 Å². The summed E-state index contributed by atoms with van der Waals surface area (Å²) in [5.74, 6) is 0. The summed E-state index contributed by atoms with van der Waals surface area (Å²) in [7, 11) is 1.94. The SMILES string of the molecule is Cn1ccc2c(Cl)c(Br)cnc21. The molecule has 0 bridgehead atoms. The molecule has 0 aliphatic rings. The first-order chi connectivity index (χ1) is 5.70. The second-order valence-electron chi connectivity index (χ2n) is 2.58. The summed E-state index contributed by atoms with van der Waals surface area (Å²) in [6.45, 7) is 0. The molecule has 0 N–H and O–H groups in total. The largest absolute Gasteiger partial charge is 0.336 e. The van der Waals surface area contributed by atoms with Gasteiger partial charge in [-0.1, -0.05) is 11.6 Å². The van der Waals surface area contributed by atoms with E-state index in [1.807, 2.05) is 23.9 Å². The molecule has 0 radical (unpaired) electrons. The molecule has 4 heteroatoms. The highest BCUT2D eigenvalue weighted by Crippen LogP contribution is 2.29. The van der Waals surface area contributed by atoms with Crippen LogP contribution in [0.25, 0.3) is 11.0 Å². The van der Waals surface area contributed by atoms with Gasteiger partial charge >= 0.3 is 0 Å². The Kier molecular flexibility index (Phi) is 1.85. The van der Waals surface area contributed by atoms with Crippen LogP contribution < -0.4 is 0 Å². The number of fused-ring (bicyclic) bond motifs is 1. The van der Waals surface area contributed by atoms with Crippen LogP contribution in [0.4, 0.5) is 0 Å². The molecule has 2 nitrogen and oxygen atoms in total. The van der Waals surface area contributed by atoms with E-state index in [4.69, 9.17) is 11.6 Å². The normalized spacial score (nSPS) is 10.9. The van der Waals surface area contributed by atoms with Gasteiger partial charge in [-0.05, 0) is 22.0 Å². The minimum atomic E-state index is 0.723. The van der Waals surface area contributed by atoms with Crippen molar-refractivity contribution in [3.8, 4) is 0 Å². The van der Waals surface area contributed by atoms with Crippen LogP contribution in [0.2, 0.25) is 5.02 Å². The van der Waals surface area contributed by atoms with Gasteiger partial charge in [0.15, 0.2) is 0 Å². The van der Waals surface area contributed by atoms with Crippen molar-refractivity contribution in [2.24, 2.45) is 7.05 Å². The minimum Gasteiger partial charge on any atom is -0.336 e. The Morgan fingerprint density at radius 1 is 1.58 bits per heavy atom. The van der Waals surface area contributed by atoms with E-state index in [0.717, 1.165) is 20.5 Å². The van der Waals surface area contributed by atoms with Crippen LogP contribution in [0.5, 0.6) is 0 Å². The summed E-state index contributed by atoms with van der Waals surface area (Å²) in [4.78, 5) is 4.23. The summed E-state index contributed by atoms with van der Waals surface area (Å²) < 4.78 is 2.77. The molecule has 2 aromatic heterocycles. The maximum Gasteiger partial charge on any atom is 0.141 e. The van der Waals surface area contributed by atoms with Gasteiger partial charge in [0.25, 0.3) is 0 Å². The van der Waals surface area contributed by atoms with Gasteiger partial charge in [-0.15, -0.1) is 0 Å². The molecule has 2 heterocycles. The zero-order valence-electron chi connectivity index (χ0n) is 6.38. The molecule has 2 aromatic rings. The van der Waals surface area contributed by atoms with Crippen molar-refractivity contribution < 1.29 is 0 Å². The topological polar surface area (TPSA) is 17.8 Å². The van der Waals surface area contributed by atoms with Crippen LogP contribution in [-0.2, 0) is 7.05 Å². The Bertz CT molecular complexity index is 436. The van der Waals surface area contributed by atoms with Gasteiger partial charge in [0.2, 0.25) is 0 Å². The lowest BCUT2D eigenvalue weighted by Gasteiger charge is -1.98. The molecule has 0 atom stereocenters. The lowest BCUT2D eigenvalue weighted by molar-refractivity contribution is 0.948. The smallest absolute Gasteiger partial charge is 0.141 e. The van der Waals surface area contributed by atoms with Crippen LogP contribution >= 0.6 is 27.5 Å². The van der Waals surface area contributed by atoms with E-state index in [-0.39, 0.29) is 0 Å². The first-order valence-electron chi connectivity index (χ1n) is 3.45. The van der Waals surface area contributed by atoms with Crippen LogP contribution in [-0.4, -0.2) is 9.55 Å². The van der Waals surface area contributed by atoms with Crippen molar-refractivity contribution in [1.82, 2.24) is 9.55 Å². The molecule has 0 saturated heterocycles. The van der Waals surface area contributed by atoms with Crippen molar-refractivity contribution >= 4 is 38.6 Å². The third-order valence-electron chi connectivity index (χ3n) is 1.79. The quantitative estimate of drug-likeness (QED) is 0.698. The average Bonchev–Trinajstić information content (AvgIpc) is 2.41. The summed E-state index contributed by atoms with van der Waals surface area (Å²) in [6.07, 6.45) is 3.65. The van der Waals surface area contributed by atoms with Gasteiger partial charge in [0, 0.05) is 24.8 Å². The lowest BCUT2D eigenvalue weighted by atomic mass is 10.3. The average molecular weight is 246 g/mol. The highest BCUT2D eigenvalue weighted by Gasteiger charge is 2.06. The summed E-state index contributed by atoms with van der Waals surface area (Å²) in [6, 6.07) is 1.95.